The highest BCUT2D eigenvalue weighted by Crippen LogP contribution is 2.22. The molecule has 1 N–H and O–H groups in total. The normalized spacial score (nSPS) is 12.8. The van der Waals surface area contributed by atoms with E-state index in [0.29, 0.717) is 0 Å². The third-order valence-corrected chi connectivity index (χ3v) is 3.31. The van der Waals surface area contributed by atoms with Crippen molar-refractivity contribution in [2.45, 2.75) is 39.4 Å². The lowest BCUT2D eigenvalue weighted by Gasteiger charge is -2.13. The Morgan fingerprint density at radius 3 is 2.41 bits per heavy atom. The summed E-state index contributed by atoms with van der Waals surface area (Å²) < 4.78 is 5.56. The molecule has 0 saturated carbocycles. The fourth-order valence-electron chi connectivity index (χ4n) is 1.55. The average Bonchev–Trinajstić information content (AvgIpc) is 2.29. The summed E-state index contributed by atoms with van der Waals surface area (Å²) in [4.78, 5) is 0. The van der Waals surface area contributed by atoms with Crippen molar-refractivity contribution in [1.29, 1.82) is 0 Å². The summed E-state index contributed by atoms with van der Waals surface area (Å²) in [6, 6.07) is 7.73. The highest BCUT2D eigenvalue weighted by Gasteiger charge is 2.07. The topological polar surface area (TPSA) is 29.5 Å². The molecule has 0 saturated heterocycles. The molecule has 1 unspecified atom stereocenters. The molecule has 0 spiro atoms. The molecule has 1 atom stereocenters. The summed E-state index contributed by atoms with van der Waals surface area (Å²) in [5.74, 6) is 2.97. The number of ether oxygens (including phenoxy) is 1. The van der Waals surface area contributed by atoms with Crippen molar-refractivity contribution in [2.75, 3.05) is 11.5 Å². The number of aliphatic hydroxyl groups excluding tert-OH is 1. The van der Waals surface area contributed by atoms with E-state index in [1.807, 2.05) is 49.9 Å². The molecule has 0 amide bonds. The maximum Gasteiger partial charge on any atom is 0.119 e. The number of hydrogen-bond acceptors (Lipinski definition) is 3. The van der Waals surface area contributed by atoms with Crippen molar-refractivity contribution >= 4 is 11.8 Å². The largest absolute Gasteiger partial charge is 0.491 e. The maximum atomic E-state index is 9.97. The van der Waals surface area contributed by atoms with Crippen LogP contribution >= 0.6 is 11.8 Å². The van der Waals surface area contributed by atoms with Crippen molar-refractivity contribution in [3.63, 3.8) is 0 Å². The van der Waals surface area contributed by atoms with Crippen LogP contribution in [-0.2, 0) is 0 Å². The molecule has 1 aromatic carbocycles. The highest BCUT2D eigenvalue weighted by molar-refractivity contribution is 7.99. The molecule has 0 radical (unpaired) electrons. The lowest BCUT2D eigenvalue weighted by Crippen LogP contribution is -2.05. The molecule has 96 valence electrons. The van der Waals surface area contributed by atoms with E-state index in [1.165, 1.54) is 0 Å². The Hall–Kier alpha value is -0.670. The van der Waals surface area contributed by atoms with Crippen LogP contribution in [0.15, 0.2) is 24.3 Å². The molecule has 1 aromatic rings. The van der Waals surface area contributed by atoms with Gasteiger partial charge >= 0.3 is 0 Å². The molecule has 0 heterocycles. The second-order valence-electron chi connectivity index (χ2n) is 4.24. The van der Waals surface area contributed by atoms with E-state index in [4.69, 9.17) is 4.74 Å². The van der Waals surface area contributed by atoms with Gasteiger partial charge in [-0.25, -0.2) is 0 Å². The van der Waals surface area contributed by atoms with E-state index in [0.717, 1.165) is 29.2 Å². The Kier molecular flexibility index (Phi) is 6.45. The highest BCUT2D eigenvalue weighted by atomic mass is 32.2. The Labute approximate surface area is 108 Å². The summed E-state index contributed by atoms with van der Waals surface area (Å²) in [7, 11) is 0. The Balaban J connectivity index is 2.48. The second kappa shape index (κ2) is 7.62. The van der Waals surface area contributed by atoms with Gasteiger partial charge in [-0.05, 0) is 49.5 Å². The summed E-state index contributed by atoms with van der Waals surface area (Å²) in [6.07, 6.45) is 0.636. The van der Waals surface area contributed by atoms with Gasteiger partial charge in [-0.2, -0.15) is 11.8 Å². The minimum atomic E-state index is -0.359. The van der Waals surface area contributed by atoms with E-state index in [9.17, 15) is 5.11 Å². The number of benzene rings is 1. The lowest BCUT2D eigenvalue weighted by atomic mass is 10.1. The quantitative estimate of drug-likeness (QED) is 0.753. The van der Waals surface area contributed by atoms with Crippen LogP contribution < -0.4 is 4.74 Å². The van der Waals surface area contributed by atoms with Gasteiger partial charge in [-0.3, -0.25) is 0 Å². The van der Waals surface area contributed by atoms with Gasteiger partial charge in [0.05, 0.1) is 12.2 Å². The fourth-order valence-corrected chi connectivity index (χ4v) is 2.23. The van der Waals surface area contributed by atoms with Crippen molar-refractivity contribution in [3.05, 3.63) is 29.8 Å². The Morgan fingerprint density at radius 2 is 1.88 bits per heavy atom. The number of thioether (sulfide) groups is 1. The number of hydrogen-bond donors (Lipinski definition) is 1. The summed E-state index contributed by atoms with van der Waals surface area (Å²) in [6.45, 7) is 6.14. The van der Waals surface area contributed by atoms with E-state index in [2.05, 4.69) is 6.92 Å². The van der Waals surface area contributed by atoms with Gasteiger partial charge in [-0.1, -0.05) is 19.1 Å². The molecule has 0 aliphatic carbocycles. The first-order valence-electron chi connectivity index (χ1n) is 6.16. The van der Waals surface area contributed by atoms with E-state index < -0.39 is 0 Å². The molecule has 0 aliphatic heterocycles. The molecule has 3 heteroatoms. The van der Waals surface area contributed by atoms with Crippen LogP contribution in [0.4, 0.5) is 0 Å². The van der Waals surface area contributed by atoms with Gasteiger partial charge in [0.2, 0.25) is 0 Å². The fraction of sp³-hybridized carbons (Fsp3) is 0.571. The standard InChI is InChI=1S/C14H22O2S/c1-4-17-10-9-14(15)12-5-7-13(8-6-12)16-11(2)3/h5-8,11,14-15H,4,9-10H2,1-3H3. The predicted octanol–water partition coefficient (Wildman–Crippen LogP) is 3.65. The zero-order valence-electron chi connectivity index (χ0n) is 10.8. The number of aliphatic hydroxyl groups is 1. The zero-order chi connectivity index (χ0) is 12.7. The molecule has 0 bridgehead atoms. The third kappa shape index (κ3) is 5.46. The van der Waals surface area contributed by atoms with Gasteiger partial charge in [0.1, 0.15) is 5.75 Å². The SMILES string of the molecule is CCSCCC(O)c1ccc(OC(C)C)cc1. The summed E-state index contributed by atoms with van der Waals surface area (Å²) in [5, 5.41) is 9.97. The van der Waals surface area contributed by atoms with Crippen LogP contribution in [0.3, 0.4) is 0 Å². The summed E-state index contributed by atoms with van der Waals surface area (Å²) >= 11 is 1.86. The van der Waals surface area contributed by atoms with Gasteiger partial charge in [0.25, 0.3) is 0 Å². The van der Waals surface area contributed by atoms with Crippen molar-refractivity contribution in [2.24, 2.45) is 0 Å². The first-order valence-corrected chi connectivity index (χ1v) is 7.31. The molecule has 17 heavy (non-hydrogen) atoms. The Morgan fingerprint density at radius 1 is 1.24 bits per heavy atom. The minimum absolute atomic E-state index is 0.187. The zero-order valence-corrected chi connectivity index (χ0v) is 11.7. The molecule has 0 aromatic heterocycles. The molecule has 0 fully saturated rings. The maximum absolute atomic E-state index is 9.97. The van der Waals surface area contributed by atoms with Crippen molar-refractivity contribution in [3.8, 4) is 5.75 Å². The van der Waals surface area contributed by atoms with Gasteiger partial charge < -0.3 is 9.84 Å². The second-order valence-corrected chi connectivity index (χ2v) is 5.63. The number of rotatable bonds is 7. The van der Waals surface area contributed by atoms with E-state index >= 15 is 0 Å². The molecular formula is C14H22O2S. The average molecular weight is 254 g/mol. The summed E-state index contributed by atoms with van der Waals surface area (Å²) in [5.41, 5.74) is 0.970. The van der Waals surface area contributed by atoms with Gasteiger partial charge in [0.15, 0.2) is 0 Å². The van der Waals surface area contributed by atoms with E-state index in [-0.39, 0.29) is 12.2 Å². The smallest absolute Gasteiger partial charge is 0.119 e. The van der Waals surface area contributed by atoms with Crippen LogP contribution in [0.1, 0.15) is 38.9 Å². The van der Waals surface area contributed by atoms with Crippen molar-refractivity contribution < 1.29 is 9.84 Å². The van der Waals surface area contributed by atoms with Gasteiger partial charge in [-0.15, -0.1) is 0 Å². The first kappa shape index (κ1) is 14.4. The van der Waals surface area contributed by atoms with Crippen LogP contribution in [0, 0.1) is 0 Å². The molecular weight excluding hydrogens is 232 g/mol. The minimum Gasteiger partial charge on any atom is -0.491 e. The van der Waals surface area contributed by atoms with Gasteiger partial charge in [0, 0.05) is 0 Å². The monoisotopic (exact) mass is 254 g/mol. The van der Waals surface area contributed by atoms with Crippen molar-refractivity contribution in [1.82, 2.24) is 0 Å². The predicted molar refractivity (Wildman–Crippen MR) is 74.8 cm³/mol. The third-order valence-electron chi connectivity index (χ3n) is 2.38. The van der Waals surface area contributed by atoms with E-state index in [1.54, 1.807) is 0 Å². The Bertz CT molecular complexity index is 309. The lowest BCUT2D eigenvalue weighted by molar-refractivity contribution is 0.175. The molecule has 0 aliphatic rings. The molecule has 2 nitrogen and oxygen atoms in total. The molecule has 1 rings (SSSR count). The first-order chi connectivity index (χ1) is 8.13. The van der Waals surface area contributed by atoms with Crippen LogP contribution in [0.5, 0.6) is 5.75 Å². The van der Waals surface area contributed by atoms with Crippen LogP contribution in [-0.4, -0.2) is 22.7 Å². The van der Waals surface area contributed by atoms with Crippen LogP contribution in [0.2, 0.25) is 0 Å². The van der Waals surface area contributed by atoms with Crippen LogP contribution in [0.25, 0.3) is 0 Å².